The van der Waals surface area contributed by atoms with Gasteiger partial charge in [-0.3, -0.25) is 25.2 Å². The summed E-state index contributed by atoms with van der Waals surface area (Å²) >= 11 is 0. The molecule has 3 rings (SSSR count). The van der Waals surface area contributed by atoms with E-state index in [0.29, 0.717) is 24.5 Å². The normalized spacial score (nSPS) is 14.3. The van der Waals surface area contributed by atoms with Crippen LogP contribution >= 0.6 is 0 Å². The zero-order valence-electron chi connectivity index (χ0n) is 16.8. The first-order valence-corrected chi connectivity index (χ1v) is 9.68. The zero-order chi connectivity index (χ0) is 21.8. The number of hydrogen-bond acceptors (Lipinski definition) is 3. The van der Waals surface area contributed by atoms with E-state index >= 15 is 0 Å². The topological polar surface area (TPSA) is 78.5 Å². The van der Waals surface area contributed by atoms with Crippen LogP contribution in [0.4, 0.5) is 8.78 Å². The first-order chi connectivity index (χ1) is 14.3. The molecule has 2 N–H and O–H groups in total. The number of aryl methyl sites for hydroxylation is 2. The standard InChI is InChI=1S/C22H23F2N3O3/c1-13-3-5-17(14(2)11-13)21(29)26-25-20(28)15-7-9-27(10-8-15)22(30)18-6-4-16(23)12-19(18)24/h3-6,11-12,15H,7-10H2,1-2H3,(H,25,28)(H,26,29). The molecule has 2 aromatic rings. The molecule has 0 spiro atoms. The Morgan fingerprint density at radius 1 is 0.933 bits per heavy atom. The number of nitrogens with zero attached hydrogens (tertiary/aromatic N) is 1. The first kappa shape index (κ1) is 21.4. The van der Waals surface area contributed by atoms with Gasteiger partial charge in [-0.05, 0) is 50.5 Å². The van der Waals surface area contributed by atoms with E-state index in [1.54, 1.807) is 6.07 Å². The van der Waals surface area contributed by atoms with Crippen molar-refractivity contribution in [3.63, 3.8) is 0 Å². The smallest absolute Gasteiger partial charge is 0.269 e. The maximum absolute atomic E-state index is 13.8. The quantitative estimate of drug-likeness (QED) is 0.757. The van der Waals surface area contributed by atoms with Crippen molar-refractivity contribution in [3.8, 4) is 0 Å². The van der Waals surface area contributed by atoms with Crippen molar-refractivity contribution in [3.05, 3.63) is 70.3 Å². The Balaban J connectivity index is 1.51. The number of hydrogen-bond donors (Lipinski definition) is 2. The zero-order valence-corrected chi connectivity index (χ0v) is 16.8. The van der Waals surface area contributed by atoms with Crippen LogP contribution in [0.3, 0.4) is 0 Å². The van der Waals surface area contributed by atoms with E-state index in [-0.39, 0.29) is 30.5 Å². The van der Waals surface area contributed by atoms with Gasteiger partial charge in [-0.2, -0.15) is 0 Å². The largest absolute Gasteiger partial charge is 0.339 e. The van der Waals surface area contributed by atoms with Crippen LogP contribution in [-0.4, -0.2) is 35.7 Å². The Morgan fingerprint density at radius 3 is 2.23 bits per heavy atom. The summed E-state index contributed by atoms with van der Waals surface area (Å²) in [6, 6.07) is 8.23. The number of halogens is 2. The lowest BCUT2D eigenvalue weighted by molar-refractivity contribution is -0.127. The molecule has 0 atom stereocenters. The second-order valence-corrected chi connectivity index (χ2v) is 7.45. The molecule has 3 amide bonds. The fraction of sp³-hybridized carbons (Fsp3) is 0.318. The van der Waals surface area contributed by atoms with Gasteiger partial charge in [-0.15, -0.1) is 0 Å². The van der Waals surface area contributed by atoms with Crippen molar-refractivity contribution in [1.82, 2.24) is 15.8 Å². The minimum Gasteiger partial charge on any atom is -0.339 e. The summed E-state index contributed by atoms with van der Waals surface area (Å²) in [6.07, 6.45) is 0.750. The number of carbonyl (C=O) groups excluding carboxylic acids is 3. The van der Waals surface area contributed by atoms with Gasteiger partial charge in [0.25, 0.3) is 11.8 Å². The van der Waals surface area contributed by atoms with E-state index < -0.39 is 23.4 Å². The molecule has 0 saturated carbocycles. The summed E-state index contributed by atoms with van der Waals surface area (Å²) in [5.74, 6) is -3.31. The van der Waals surface area contributed by atoms with Crippen molar-refractivity contribution in [2.75, 3.05) is 13.1 Å². The predicted octanol–water partition coefficient (Wildman–Crippen LogP) is 2.90. The summed E-state index contributed by atoms with van der Waals surface area (Å²) in [4.78, 5) is 38.5. The van der Waals surface area contributed by atoms with Gasteiger partial charge in [0.1, 0.15) is 11.6 Å². The molecule has 1 aliphatic rings. The van der Waals surface area contributed by atoms with E-state index in [0.717, 1.165) is 23.3 Å². The molecule has 8 heteroatoms. The Morgan fingerprint density at radius 2 is 1.60 bits per heavy atom. The van der Waals surface area contributed by atoms with Crippen LogP contribution in [0.5, 0.6) is 0 Å². The van der Waals surface area contributed by atoms with E-state index in [2.05, 4.69) is 10.9 Å². The van der Waals surface area contributed by atoms with Crippen molar-refractivity contribution in [2.24, 2.45) is 5.92 Å². The minimum atomic E-state index is -0.908. The van der Waals surface area contributed by atoms with Crippen LogP contribution < -0.4 is 10.9 Å². The maximum Gasteiger partial charge on any atom is 0.269 e. The van der Waals surface area contributed by atoms with Gasteiger partial charge in [0, 0.05) is 30.6 Å². The van der Waals surface area contributed by atoms with Crippen LogP contribution in [0.2, 0.25) is 0 Å². The number of amides is 3. The predicted molar refractivity (Wildman–Crippen MR) is 107 cm³/mol. The van der Waals surface area contributed by atoms with Crippen LogP contribution in [0.15, 0.2) is 36.4 Å². The summed E-state index contributed by atoms with van der Waals surface area (Å²) in [5, 5.41) is 0. The van der Waals surface area contributed by atoms with Crippen molar-refractivity contribution in [2.45, 2.75) is 26.7 Å². The molecule has 6 nitrogen and oxygen atoms in total. The number of piperidine rings is 1. The molecule has 0 unspecified atom stereocenters. The molecule has 2 aromatic carbocycles. The highest BCUT2D eigenvalue weighted by Crippen LogP contribution is 2.20. The fourth-order valence-corrected chi connectivity index (χ4v) is 3.53. The van der Waals surface area contributed by atoms with E-state index in [1.807, 2.05) is 26.0 Å². The highest BCUT2D eigenvalue weighted by molar-refractivity contribution is 5.97. The lowest BCUT2D eigenvalue weighted by Gasteiger charge is -2.31. The summed E-state index contributed by atoms with van der Waals surface area (Å²) in [5.41, 5.74) is 6.99. The van der Waals surface area contributed by atoms with Gasteiger partial charge in [-0.25, -0.2) is 8.78 Å². The molecule has 0 aliphatic carbocycles. The Hall–Kier alpha value is -3.29. The second-order valence-electron chi connectivity index (χ2n) is 7.45. The van der Waals surface area contributed by atoms with Gasteiger partial charge in [0.15, 0.2) is 0 Å². The van der Waals surface area contributed by atoms with Gasteiger partial charge < -0.3 is 4.90 Å². The molecule has 158 valence electrons. The summed E-state index contributed by atoms with van der Waals surface area (Å²) in [6.45, 7) is 4.27. The van der Waals surface area contributed by atoms with E-state index in [9.17, 15) is 23.2 Å². The molecule has 1 saturated heterocycles. The van der Waals surface area contributed by atoms with Gasteiger partial charge in [-0.1, -0.05) is 17.7 Å². The van der Waals surface area contributed by atoms with Gasteiger partial charge in [0.2, 0.25) is 5.91 Å². The van der Waals surface area contributed by atoms with Crippen LogP contribution in [0.1, 0.15) is 44.7 Å². The third-order valence-corrected chi connectivity index (χ3v) is 5.24. The molecule has 1 fully saturated rings. The number of rotatable bonds is 3. The summed E-state index contributed by atoms with van der Waals surface area (Å²) in [7, 11) is 0. The lowest BCUT2D eigenvalue weighted by Crippen LogP contribution is -2.48. The molecule has 0 aromatic heterocycles. The molecule has 1 aliphatic heterocycles. The molecular weight excluding hydrogens is 392 g/mol. The molecule has 1 heterocycles. The van der Waals surface area contributed by atoms with Crippen LogP contribution in [0.25, 0.3) is 0 Å². The SMILES string of the molecule is Cc1ccc(C(=O)NNC(=O)C2CCN(C(=O)c3ccc(F)cc3F)CC2)c(C)c1. The third kappa shape index (κ3) is 4.82. The number of nitrogens with one attached hydrogen (secondary N) is 2. The summed E-state index contributed by atoms with van der Waals surface area (Å²) < 4.78 is 26.9. The number of benzene rings is 2. The van der Waals surface area contributed by atoms with Crippen molar-refractivity contribution < 1.29 is 23.2 Å². The molecule has 0 bridgehead atoms. The average molecular weight is 415 g/mol. The average Bonchev–Trinajstić information content (AvgIpc) is 2.71. The van der Waals surface area contributed by atoms with Crippen molar-refractivity contribution >= 4 is 17.7 Å². The van der Waals surface area contributed by atoms with Gasteiger partial charge >= 0.3 is 0 Å². The highest BCUT2D eigenvalue weighted by Gasteiger charge is 2.29. The van der Waals surface area contributed by atoms with Crippen LogP contribution in [0, 0.1) is 31.4 Å². The number of hydrazine groups is 1. The Kier molecular flexibility index (Phi) is 6.44. The third-order valence-electron chi connectivity index (χ3n) is 5.24. The maximum atomic E-state index is 13.8. The highest BCUT2D eigenvalue weighted by atomic mass is 19.1. The van der Waals surface area contributed by atoms with E-state index in [4.69, 9.17) is 0 Å². The second kappa shape index (κ2) is 9.02. The molecule has 30 heavy (non-hydrogen) atoms. The van der Waals surface area contributed by atoms with Gasteiger partial charge in [0.05, 0.1) is 5.56 Å². The van der Waals surface area contributed by atoms with E-state index in [1.165, 1.54) is 4.90 Å². The van der Waals surface area contributed by atoms with Crippen molar-refractivity contribution in [1.29, 1.82) is 0 Å². The van der Waals surface area contributed by atoms with Crippen LogP contribution in [-0.2, 0) is 4.79 Å². The number of carbonyl (C=O) groups is 3. The molecular formula is C22H23F2N3O3. The number of likely N-dealkylation sites (tertiary alicyclic amines) is 1. The molecule has 0 radical (unpaired) electrons. The Labute approximate surface area is 173 Å². The lowest BCUT2D eigenvalue weighted by atomic mass is 9.95. The first-order valence-electron chi connectivity index (χ1n) is 9.68. The Bertz CT molecular complexity index is 986. The monoisotopic (exact) mass is 415 g/mol. The minimum absolute atomic E-state index is 0.194. The fourth-order valence-electron chi connectivity index (χ4n) is 3.53.